The van der Waals surface area contributed by atoms with Crippen LogP contribution in [0.1, 0.15) is 50.4 Å². The molecule has 0 amide bonds. The first-order chi connectivity index (χ1) is 14.6. The molecule has 1 aromatic carbocycles. The Hall–Kier alpha value is -2.74. The van der Waals surface area contributed by atoms with Gasteiger partial charge in [0.25, 0.3) is 5.56 Å². The molecule has 1 fully saturated rings. The van der Waals surface area contributed by atoms with Gasteiger partial charge in [-0.15, -0.1) is 0 Å². The number of fused-ring (bicyclic) bond motifs is 2. The second-order valence-electron chi connectivity index (χ2n) is 8.26. The summed E-state index contributed by atoms with van der Waals surface area (Å²) < 4.78 is 1.99. The van der Waals surface area contributed by atoms with Crippen molar-refractivity contribution in [1.29, 1.82) is 0 Å². The quantitative estimate of drug-likeness (QED) is 0.390. The van der Waals surface area contributed by atoms with Crippen molar-refractivity contribution in [2.75, 3.05) is 0 Å². The Morgan fingerprint density at radius 2 is 2.00 bits per heavy atom. The third-order valence-corrected chi connectivity index (χ3v) is 7.16. The van der Waals surface area contributed by atoms with Crippen molar-refractivity contribution in [2.24, 2.45) is 0 Å². The number of benzene rings is 1. The molecule has 0 spiro atoms. The first-order valence-corrected chi connectivity index (χ1v) is 11.3. The SMILES string of the molecule is Cc1cccc2nc(CSc3ncnc4nc[nH]c34)n(C3(C)CCCCC3)c(=O)c12. The molecule has 8 heteroatoms. The van der Waals surface area contributed by atoms with Gasteiger partial charge in [0.15, 0.2) is 5.65 Å². The lowest BCUT2D eigenvalue weighted by Crippen LogP contribution is -2.42. The van der Waals surface area contributed by atoms with E-state index in [1.165, 1.54) is 12.7 Å². The third-order valence-electron chi connectivity index (χ3n) is 6.17. The number of nitrogens with one attached hydrogen (secondary N) is 1. The van der Waals surface area contributed by atoms with Crippen LogP contribution in [0.4, 0.5) is 0 Å². The number of H-pyrrole nitrogens is 1. The van der Waals surface area contributed by atoms with Gasteiger partial charge in [-0.2, -0.15) is 0 Å². The summed E-state index contributed by atoms with van der Waals surface area (Å²) in [5.74, 6) is 1.36. The van der Waals surface area contributed by atoms with Gasteiger partial charge < -0.3 is 4.98 Å². The normalized spacial score (nSPS) is 16.3. The van der Waals surface area contributed by atoms with Crippen LogP contribution >= 0.6 is 11.8 Å². The van der Waals surface area contributed by atoms with Crippen LogP contribution in [0.2, 0.25) is 0 Å². The summed E-state index contributed by atoms with van der Waals surface area (Å²) in [6.07, 6.45) is 8.67. The van der Waals surface area contributed by atoms with Crippen LogP contribution < -0.4 is 5.56 Å². The molecule has 1 aliphatic rings. The van der Waals surface area contributed by atoms with E-state index in [9.17, 15) is 4.79 Å². The van der Waals surface area contributed by atoms with Crippen LogP contribution in [-0.2, 0) is 11.3 Å². The van der Waals surface area contributed by atoms with E-state index < -0.39 is 0 Å². The average molecular weight is 421 g/mol. The van der Waals surface area contributed by atoms with Gasteiger partial charge in [-0.25, -0.2) is 19.9 Å². The van der Waals surface area contributed by atoms with Gasteiger partial charge in [0.05, 0.1) is 23.0 Å². The summed E-state index contributed by atoms with van der Waals surface area (Å²) in [4.78, 5) is 34.6. The summed E-state index contributed by atoms with van der Waals surface area (Å²) in [5.41, 5.74) is 3.08. The van der Waals surface area contributed by atoms with Crippen LogP contribution in [0.3, 0.4) is 0 Å². The van der Waals surface area contributed by atoms with E-state index in [0.717, 1.165) is 58.5 Å². The minimum atomic E-state index is -0.205. The van der Waals surface area contributed by atoms with E-state index in [1.54, 1.807) is 18.1 Å². The molecule has 1 aliphatic carbocycles. The molecule has 0 saturated heterocycles. The number of hydrogen-bond acceptors (Lipinski definition) is 6. The largest absolute Gasteiger partial charge is 0.341 e. The van der Waals surface area contributed by atoms with Crippen LogP contribution in [0, 0.1) is 6.92 Å². The predicted octanol–water partition coefficient (Wildman–Crippen LogP) is 4.34. The molecule has 3 heterocycles. The lowest BCUT2D eigenvalue weighted by molar-refractivity contribution is 0.207. The van der Waals surface area contributed by atoms with Crippen molar-refractivity contribution in [3.63, 3.8) is 0 Å². The zero-order valence-electron chi connectivity index (χ0n) is 17.2. The van der Waals surface area contributed by atoms with Crippen molar-refractivity contribution in [3.05, 3.63) is 52.6 Å². The molecule has 0 bridgehead atoms. The van der Waals surface area contributed by atoms with E-state index in [0.29, 0.717) is 11.4 Å². The Morgan fingerprint density at radius 1 is 1.17 bits per heavy atom. The number of aromatic nitrogens is 6. The van der Waals surface area contributed by atoms with E-state index in [1.807, 2.05) is 29.7 Å². The first-order valence-electron chi connectivity index (χ1n) is 10.4. The number of nitrogens with zero attached hydrogens (tertiary/aromatic N) is 5. The summed E-state index contributed by atoms with van der Waals surface area (Å²) >= 11 is 1.56. The van der Waals surface area contributed by atoms with Crippen molar-refractivity contribution in [3.8, 4) is 0 Å². The average Bonchev–Trinajstić information content (AvgIpc) is 3.22. The molecule has 5 rings (SSSR count). The van der Waals surface area contributed by atoms with E-state index in [-0.39, 0.29) is 11.1 Å². The van der Waals surface area contributed by atoms with E-state index >= 15 is 0 Å². The highest BCUT2D eigenvalue weighted by Crippen LogP contribution is 2.36. The molecule has 0 unspecified atom stereocenters. The maximum Gasteiger partial charge on any atom is 0.262 e. The fraction of sp³-hybridized carbons (Fsp3) is 0.409. The summed E-state index contributed by atoms with van der Waals surface area (Å²) in [6.45, 7) is 4.20. The van der Waals surface area contributed by atoms with Gasteiger partial charge >= 0.3 is 0 Å². The van der Waals surface area contributed by atoms with Gasteiger partial charge in [-0.3, -0.25) is 9.36 Å². The molecular weight excluding hydrogens is 396 g/mol. The molecule has 0 aliphatic heterocycles. The fourth-order valence-electron chi connectivity index (χ4n) is 4.62. The molecule has 154 valence electrons. The number of aromatic amines is 1. The van der Waals surface area contributed by atoms with Crippen LogP contribution in [0.5, 0.6) is 0 Å². The van der Waals surface area contributed by atoms with Gasteiger partial charge in [0.2, 0.25) is 0 Å². The highest BCUT2D eigenvalue weighted by molar-refractivity contribution is 7.98. The summed E-state index contributed by atoms with van der Waals surface area (Å²) in [5, 5.41) is 1.55. The molecule has 0 radical (unpaired) electrons. The Labute approximate surface area is 178 Å². The number of hydrogen-bond donors (Lipinski definition) is 1. The fourth-order valence-corrected chi connectivity index (χ4v) is 5.49. The molecule has 7 nitrogen and oxygen atoms in total. The van der Waals surface area contributed by atoms with Gasteiger partial charge in [-0.1, -0.05) is 43.2 Å². The van der Waals surface area contributed by atoms with E-state index in [4.69, 9.17) is 4.98 Å². The maximum atomic E-state index is 13.7. The minimum Gasteiger partial charge on any atom is -0.341 e. The number of thioether (sulfide) groups is 1. The monoisotopic (exact) mass is 420 g/mol. The van der Waals surface area contributed by atoms with Crippen molar-refractivity contribution >= 4 is 33.8 Å². The van der Waals surface area contributed by atoms with Crippen LogP contribution in [-0.4, -0.2) is 29.5 Å². The van der Waals surface area contributed by atoms with Gasteiger partial charge in [0, 0.05) is 5.54 Å². The minimum absolute atomic E-state index is 0.0764. The van der Waals surface area contributed by atoms with Crippen molar-refractivity contribution in [1.82, 2.24) is 29.5 Å². The number of rotatable bonds is 4. The smallest absolute Gasteiger partial charge is 0.262 e. The zero-order valence-corrected chi connectivity index (χ0v) is 18.0. The first kappa shape index (κ1) is 19.2. The Balaban J connectivity index is 1.63. The predicted molar refractivity (Wildman–Crippen MR) is 119 cm³/mol. The molecular formula is C22H24N6OS. The topological polar surface area (TPSA) is 89.3 Å². The molecule has 30 heavy (non-hydrogen) atoms. The Morgan fingerprint density at radius 3 is 2.83 bits per heavy atom. The molecule has 1 N–H and O–H groups in total. The van der Waals surface area contributed by atoms with Crippen molar-refractivity contribution < 1.29 is 0 Å². The van der Waals surface area contributed by atoms with Gasteiger partial charge in [0.1, 0.15) is 22.7 Å². The second kappa shape index (κ2) is 7.50. The maximum absolute atomic E-state index is 13.7. The summed E-state index contributed by atoms with van der Waals surface area (Å²) in [7, 11) is 0. The van der Waals surface area contributed by atoms with E-state index in [2.05, 4.69) is 26.9 Å². The standard InChI is InChI=1S/C22H24N6OS/c1-14-7-6-8-15-17(14)21(29)28(22(2)9-4-3-5-10-22)16(27-15)11-30-20-18-19(24-12-23-18)25-13-26-20/h6-8,12-13H,3-5,9-11H2,1-2H3,(H,23,24,25,26). The lowest BCUT2D eigenvalue weighted by atomic mass is 9.83. The third kappa shape index (κ3) is 3.19. The highest BCUT2D eigenvalue weighted by Gasteiger charge is 2.33. The molecule has 4 aromatic rings. The van der Waals surface area contributed by atoms with Crippen molar-refractivity contribution in [2.45, 2.75) is 62.3 Å². The molecule has 3 aromatic heterocycles. The second-order valence-corrected chi connectivity index (χ2v) is 9.23. The van der Waals surface area contributed by atoms with Crippen LogP contribution in [0.15, 0.2) is 40.7 Å². The zero-order chi connectivity index (χ0) is 20.7. The van der Waals surface area contributed by atoms with Crippen LogP contribution in [0.25, 0.3) is 22.1 Å². The Kier molecular flexibility index (Phi) is 4.81. The molecule has 1 saturated carbocycles. The number of imidazole rings is 1. The molecule has 0 atom stereocenters. The highest BCUT2D eigenvalue weighted by atomic mass is 32.2. The lowest BCUT2D eigenvalue weighted by Gasteiger charge is -2.37. The Bertz CT molecular complexity index is 1290. The number of aryl methyl sites for hydroxylation is 1. The summed E-state index contributed by atoms with van der Waals surface area (Å²) in [6, 6.07) is 5.89. The van der Waals surface area contributed by atoms with Gasteiger partial charge in [-0.05, 0) is 38.3 Å².